The second kappa shape index (κ2) is 6.94. The van der Waals surface area contributed by atoms with E-state index in [0.29, 0.717) is 44.2 Å². The fourth-order valence-electron chi connectivity index (χ4n) is 2.63. The van der Waals surface area contributed by atoms with Crippen molar-refractivity contribution < 1.29 is 9.53 Å². The Kier molecular flexibility index (Phi) is 4.47. The van der Waals surface area contributed by atoms with Crippen molar-refractivity contribution in [1.29, 1.82) is 0 Å². The normalized spacial score (nSPS) is 10.9. The Morgan fingerprint density at radius 2 is 2.00 bits per heavy atom. The molecular formula is C18H13Cl2N5O2. The van der Waals surface area contributed by atoms with E-state index in [1.54, 1.807) is 24.3 Å². The van der Waals surface area contributed by atoms with Gasteiger partial charge in [-0.2, -0.15) is 5.10 Å². The van der Waals surface area contributed by atoms with Crippen LogP contribution >= 0.6 is 23.2 Å². The molecule has 0 spiro atoms. The first-order valence-corrected chi connectivity index (χ1v) is 8.65. The van der Waals surface area contributed by atoms with Crippen LogP contribution in [0.1, 0.15) is 10.4 Å². The molecule has 0 aliphatic rings. The molecule has 0 radical (unpaired) electrons. The van der Waals surface area contributed by atoms with Crippen LogP contribution in [-0.2, 0) is 0 Å². The molecule has 0 atom stereocenters. The fraction of sp³-hybridized carbons (Fsp3) is 0.0556. The molecular weight excluding hydrogens is 389 g/mol. The van der Waals surface area contributed by atoms with Gasteiger partial charge < -0.3 is 15.0 Å². The number of rotatable bonds is 4. The summed E-state index contributed by atoms with van der Waals surface area (Å²) in [5, 5.41) is 10.6. The maximum absolute atomic E-state index is 12.4. The van der Waals surface area contributed by atoms with E-state index in [2.05, 4.69) is 25.5 Å². The van der Waals surface area contributed by atoms with E-state index in [-0.39, 0.29) is 5.91 Å². The number of hydrogen-bond acceptors (Lipinski definition) is 4. The second-order valence-corrected chi connectivity index (χ2v) is 6.51. The molecule has 0 saturated heterocycles. The monoisotopic (exact) mass is 401 g/mol. The maximum atomic E-state index is 12.4. The van der Waals surface area contributed by atoms with Crippen LogP contribution in [0.2, 0.25) is 10.0 Å². The molecule has 0 aliphatic heterocycles. The number of carbonyl (C=O) groups is 1. The van der Waals surface area contributed by atoms with Crippen LogP contribution in [0.15, 0.2) is 42.5 Å². The lowest BCUT2D eigenvalue weighted by Crippen LogP contribution is -2.12. The number of aromatic nitrogens is 4. The minimum Gasteiger partial charge on any atom is -0.495 e. The summed E-state index contributed by atoms with van der Waals surface area (Å²) in [6.45, 7) is 0. The Hall–Kier alpha value is -3.03. The lowest BCUT2D eigenvalue weighted by atomic mass is 10.2. The number of carbonyl (C=O) groups excluding carboxylic acids is 1. The predicted octanol–water partition coefficient (Wildman–Crippen LogP) is 4.52. The molecule has 0 unspecified atom stereocenters. The Labute approximate surface area is 163 Å². The van der Waals surface area contributed by atoms with Gasteiger partial charge in [0.15, 0.2) is 11.6 Å². The number of imidazole rings is 1. The van der Waals surface area contributed by atoms with E-state index in [0.717, 1.165) is 5.52 Å². The number of halogens is 2. The summed E-state index contributed by atoms with van der Waals surface area (Å²) in [5.74, 6) is 1.08. The van der Waals surface area contributed by atoms with Gasteiger partial charge in [0.1, 0.15) is 17.0 Å². The van der Waals surface area contributed by atoms with Crippen molar-refractivity contribution in [3.63, 3.8) is 0 Å². The molecule has 27 heavy (non-hydrogen) atoms. The summed E-state index contributed by atoms with van der Waals surface area (Å²) in [4.78, 5) is 20.0. The van der Waals surface area contributed by atoms with Gasteiger partial charge in [-0.05, 0) is 30.3 Å². The number of amides is 1. The molecule has 2 heterocycles. The number of hydrogen-bond donors (Lipinski definition) is 3. The maximum Gasteiger partial charge on any atom is 0.256 e. The number of benzene rings is 2. The number of H-pyrrole nitrogens is 2. The molecule has 2 aromatic heterocycles. The zero-order valence-electron chi connectivity index (χ0n) is 14.0. The van der Waals surface area contributed by atoms with E-state index < -0.39 is 0 Å². The topological polar surface area (TPSA) is 95.7 Å². The molecule has 136 valence electrons. The predicted molar refractivity (Wildman–Crippen MR) is 105 cm³/mol. The Morgan fingerprint density at radius 3 is 2.74 bits per heavy atom. The molecule has 3 N–H and O–H groups in total. The van der Waals surface area contributed by atoms with Gasteiger partial charge >= 0.3 is 0 Å². The largest absolute Gasteiger partial charge is 0.495 e. The van der Waals surface area contributed by atoms with Crippen molar-refractivity contribution in [2.75, 3.05) is 12.4 Å². The first-order valence-electron chi connectivity index (χ1n) is 7.90. The fourth-order valence-corrected chi connectivity index (χ4v) is 3.10. The third-order valence-corrected chi connectivity index (χ3v) is 4.55. The van der Waals surface area contributed by atoms with Gasteiger partial charge in [0, 0.05) is 11.6 Å². The molecule has 9 heteroatoms. The third kappa shape index (κ3) is 3.34. The molecule has 2 aromatic carbocycles. The molecule has 0 fully saturated rings. The van der Waals surface area contributed by atoms with Crippen LogP contribution in [0, 0.1) is 0 Å². The molecule has 0 aliphatic carbocycles. The second-order valence-electron chi connectivity index (χ2n) is 5.69. The van der Waals surface area contributed by atoms with Crippen LogP contribution in [0.25, 0.3) is 22.6 Å². The minimum absolute atomic E-state index is 0.342. The number of para-hydroxylation sites is 1. The number of aromatic amines is 2. The van der Waals surface area contributed by atoms with Crippen molar-refractivity contribution in [2.45, 2.75) is 0 Å². The number of nitrogens with zero attached hydrogens (tertiary/aromatic N) is 2. The van der Waals surface area contributed by atoms with Gasteiger partial charge in [0.25, 0.3) is 5.91 Å². The lowest BCUT2D eigenvalue weighted by molar-refractivity contribution is 0.102. The van der Waals surface area contributed by atoms with Gasteiger partial charge in [-0.1, -0.05) is 29.3 Å². The first kappa shape index (κ1) is 17.4. The van der Waals surface area contributed by atoms with E-state index in [9.17, 15) is 4.79 Å². The number of nitrogens with one attached hydrogen (secondary N) is 3. The average Bonchev–Trinajstić information content (AvgIpc) is 3.29. The molecule has 4 rings (SSSR count). The number of ether oxygens (including phenoxy) is 1. The van der Waals surface area contributed by atoms with Crippen LogP contribution in [-0.4, -0.2) is 33.2 Å². The quantitative estimate of drug-likeness (QED) is 0.468. The molecule has 4 aromatic rings. The minimum atomic E-state index is -0.342. The summed E-state index contributed by atoms with van der Waals surface area (Å²) in [6, 6.07) is 11.9. The molecule has 0 bridgehead atoms. The van der Waals surface area contributed by atoms with Crippen molar-refractivity contribution in [1.82, 2.24) is 20.2 Å². The summed E-state index contributed by atoms with van der Waals surface area (Å²) in [6.07, 6.45) is 0. The Bertz CT molecular complexity index is 1150. The Balaban J connectivity index is 1.56. The van der Waals surface area contributed by atoms with Crippen LogP contribution in [0.3, 0.4) is 0 Å². The van der Waals surface area contributed by atoms with E-state index >= 15 is 0 Å². The van der Waals surface area contributed by atoms with Crippen molar-refractivity contribution in [2.24, 2.45) is 0 Å². The smallest absolute Gasteiger partial charge is 0.256 e. The van der Waals surface area contributed by atoms with Gasteiger partial charge in [-0.15, -0.1) is 0 Å². The SMILES string of the molecule is COc1ccc(C(=O)Nc2cc(-c3nc4c(Cl)cccc4[nH]3)[nH]n2)cc1Cl. The standard InChI is InChI=1S/C18H13Cl2N5O2/c1-27-14-6-5-9(7-11(14)20)18(26)22-15-8-13(24-25-15)17-21-12-4-2-3-10(19)16(12)23-17/h2-8H,1H3,(H,21,23)(H2,22,24,25,26). The van der Waals surface area contributed by atoms with E-state index in [1.807, 2.05) is 12.1 Å². The highest BCUT2D eigenvalue weighted by Gasteiger charge is 2.14. The highest BCUT2D eigenvalue weighted by Crippen LogP contribution is 2.27. The van der Waals surface area contributed by atoms with Crippen LogP contribution in [0.4, 0.5) is 5.82 Å². The highest BCUT2D eigenvalue weighted by molar-refractivity contribution is 6.35. The molecule has 7 nitrogen and oxygen atoms in total. The summed E-state index contributed by atoms with van der Waals surface area (Å²) in [7, 11) is 1.51. The summed E-state index contributed by atoms with van der Waals surface area (Å²) in [5.41, 5.74) is 2.49. The summed E-state index contributed by atoms with van der Waals surface area (Å²) < 4.78 is 5.08. The zero-order valence-corrected chi connectivity index (χ0v) is 15.5. The lowest BCUT2D eigenvalue weighted by Gasteiger charge is -2.05. The third-order valence-electron chi connectivity index (χ3n) is 3.95. The highest BCUT2D eigenvalue weighted by atomic mass is 35.5. The van der Waals surface area contributed by atoms with E-state index in [1.165, 1.54) is 13.2 Å². The van der Waals surface area contributed by atoms with Gasteiger partial charge in [-0.25, -0.2) is 4.98 Å². The van der Waals surface area contributed by atoms with E-state index in [4.69, 9.17) is 27.9 Å². The zero-order chi connectivity index (χ0) is 19.0. The van der Waals surface area contributed by atoms with Gasteiger partial charge in [0.2, 0.25) is 0 Å². The first-order chi connectivity index (χ1) is 13.0. The van der Waals surface area contributed by atoms with Crippen molar-refractivity contribution in [3.8, 4) is 17.3 Å². The number of fused-ring (bicyclic) bond motifs is 1. The van der Waals surface area contributed by atoms with Crippen molar-refractivity contribution >= 4 is 46.0 Å². The molecule has 0 saturated carbocycles. The average molecular weight is 402 g/mol. The summed E-state index contributed by atoms with van der Waals surface area (Å²) >= 11 is 12.2. The molecule has 1 amide bonds. The number of anilines is 1. The van der Waals surface area contributed by atoms with Crippen molar-refractivity contribution in [3.05, 3.63) is 58.1 Å². The van der Waals surface area contributed by atoms with Gasteiger partial charge in [0.05, 0.1) is 22.7 Å². The Morgan fingerprint density at radius 1 is 1.15 bits per heavy atom. The van der Waals surface area contributed by atoms with Gasteiger partial charge in [-0.3, -0.25) is 9.89 Å². The van der Waals surface area contributed by atoms with Crippen LogP contribution in [0.5, 0.6) is 5.75 Å². The number of methoxy groups -OCH3 is 1. The van der Waals surface area contributed by atoms with Crippen LogP contribution < -0.4 is 10.1 Å².